The summed E-state index contributed by atoms with van der Waals surface area (Å²) >= 11 is 0. The molecular formula is C28H35FN2O. The topological polar surface area (TPSA) is 35.0 Å². The van der Waals surface area contributed by atoms with Crippen LogP contribution in [0.25, 0.3) is 22.5 Å². The van der Waals surface area contributed by atoms with Gasteiger partial charge in [0.05, 0.1) is 0 Å². The zero-order valence-electron chi connectivity index (χ0n) is 19.4. The molecule has 0 aliphatic rings. The summed E-state index contributed by atoms with van der Waals surface area (Å²) in [6.07, 6.45) is 11.8. The standard InChI is InChI=1S/C28H35FN2O/c1-3-5-6-7-8-10-22-11-13-23(14-12-22)25-19-30-28(31-20-25)24-15-17-27(18-16-24)32-21-26(29)9-4-2/h11-20,26H,3-10,21H2,1-2H3. The molecule has 170 valence electrons. The van der Waals surface area contributed by atoms with Crippen molar-refractivity contribution in [3.05, 3.63) is 66.5 Å². The second-order valence-electron chi connectivity index (χ2n) is 8.38. The molecule has 3 nitrogen and oxygen atoms in total. The van der Waals surface area contributed by atoms with Crippen molar-refractivity contribution in [3.63, 3.8) is 0 Å². The molecule has 2 aromatic carbocycles. The fourth-order valence-corrected chi connectivity index (χ4v) is 3.71. The van der Waals surface area contributed by atoms with Crippen LogP contribution in [0.2, 0.25) is 0 Å². The lowest BCUT2D eigenvalue weighted by atomic mass is 10.0. The zero-order chi connectivity index (χ0) is 22.6. The second-order valence-corrected chi connectivity index (χ2v) is 8.38. The molecule has 1 aromatic heterocycles. The maximum atomic E-state index is 13.6. The van der Waals surface area contributed by atoms with Crippen molar-refractivity contribution in [2.75, 3.05) is 6.61 Å². The fourth-order valence-electron chi connectivity index (χ4n) is 3.71. The quantitative estimate of drug-likeness (QED) is 0.257. The number of aromatic nitrogens is 2. The first-order chi connectivity index (χ1) is 15.7. The van der Waals surface area contributed by atoms with Crippen molar-refractivity contribution in [3.8, 4) is 28.3 Å². The molecule has 0 amide bonds. The lowest BCUT2D eigenvalue weighted by molar-refractivity contribution is 0.186. The van der Waals surface area contributed by atoms with Crippen LogP contribution in [0, 0.1) is 0 Å². The molecule has 0 aliphatic heterocycles. The van der Waals surface area contributed by atoms with Gasteiger partial charge < -0.3 is 4.74 Å². The van der Waals surface area contributed by atoms with Gasteiger partial charge in [-0.1, -0.05) is 70.2 Å². The van der Waals surface area contributed by atoms with Gasteiger partial charge in [0.15, 0.2) is 5.82 Å². The Kier molecular flexibility index (Phi) is 9.67. The van der Waals surface area contributed by atoms with Crippen molar-refractivity contribution in [2.45, 2.75) is 71.4 Å². The van der Waals surface area contributed by atoms with Gasteiger partial charge in [0, 0.05) is 23.5 Å². The van der Waals surface area contributed by atoms with Gasteiger partial charge in [-0.2, -0.15) is 0 Å². The molecule has 0 spiro atoms. The summed E-state index contributed by atoms with van der Waals surface area (Å²) in [6.45, 7) is 4.31. The lowest BCUT2D eigenvalue weighted by Gasteiger charge is -2.10. The Hall–Kier alpha value is -2.75. The van der Waals surface area contributed by atoms with Crippen LogP contribution < -0.4 is 4.74 Å². The van der Waals surface area contributed by atoms with Crippen molar-refractivity contribution < 1.29 is 9.13 Å². The predicted octanol–water partition coefficient (Wildman–Crippen LogP) is 7.84. The zero-order valence-corrected chi connectivity index (χ0v) is 19.4. The number of nitrogens with zero attached hydrogens (tertiary/aromatic N) is 2. The van der Waals surface area contributed by atoms with Crippen LogP contribution in [0.3, 0.4) is 0 Å². The Balaban J connectivity index is 1.54. The van der Waals surface area contributed by atoms with E-state index in [1.165, 1.54) is 37.7 Å². The van der Waals surface area contributed by atoms with E-state index in [2.05, 4.69) is 41.2 Å². The third-order valence-electron chi connectivity index (χ3n) is 5.65. The molecule has 0 radical (unpaired) electrons. The highest BCUT2D eigenvalue weighted by Crippen LogP contribution is 2.23. The van der Waals surface area contributed by atoms with Gasteiger partial charge in [-0.15, -0.1) is 0 Å². The predicted molar refractivity (Wildman–Crippen MR) is 131 cm³/mol. The van der Waals surface area contributed by atoms with Gasteiger partial charge in [0.1, 0.15) is 18.5 Å². The maximum absolute atomic E-state index is 13.6. The number of ether oxygens (including phenoxy) is 1. The maximum Gasteiger partial charge on any atom is 0.159 e. The van der Waals surface area contributed by atoms with Crippen LogP contribution in [0.4, 0.5) is 4.39 Å². The highest BCUT2D eigenvalue weighted by atomic mass is 19.1. The molecule has 0 bridgehead atoms. The summed E-state index contributed by atoms with van der Waals surface area (Å²) < 4.78 is 19.1. The molecule has 1 unspecified atom stereocenters. The summed E-state index contributed by atoms with van der Waals surface area (Å²) in [5, 5.41) is 0. The van der Waals surface area contributed by atoms with E-state index in [1.807, 2.05) is 43.6 Å². The molecule has 0 saturated heterocycles. The second kappa shape index (κ2) is 12.9. The van der Waals surface area contributed by atoms with Crippen molar-refractivity contribution in [2.24, 2.45) is 0 Å². The number of rotatable bonds is 13. The minimum absolute atomic E-state index is 0.0933. The highest BCUT2D eigenvalue weighted by Gasteiger charge is 2.07. The van der Waals surface area contributed by atoms with Crippen molar-refractivity contribution in [1.29, 1.82) is 0 Å². The first-order valence-corrected chi connectivity index (χ1v) is 12.0. The molecule has 4 heteroatoms. The smallest absolute Gasteiger partial charge is 0.159 e. The molecule has 0 N–H and O–H groups in total. The van der Waals surface area contributed by atoms with Crippen molar-refractivity contribution in [1.82, 2.24) is 9.97 Å². The normalized spacial score (nSPS) is 12.0. The summed E-state index contributed by atoms with van der Waals surface area (Å²) in [7, 11) is 0. The molecule has 0 aliphatic carbocycles. The summed E-state index contributed by atoms with van der Waals surface area (Å²) in [5.74, 6) is 1.33. The third-order valence-corrected chi connectivity index (χ3v) is 5.65. The molecule has 3 aromatic rings. The monoisotopic (exact) mass is 434 g/mol. The molecule has 0 fully saturated rings. The van der Waals surface area contributed by atoms with Crippen LogP contribution in [-0.2, 0) is 6.42 Å². The number of alkyl halides is 1. The van der Waals surface area contributed by atoms with Gasteiger partial charge in [0.25, 0.3) is 0 Å². The SMILES string of the molecule is CCCCCCCc1ccc(-c2cnc(-c3ccc(OCC(F)CCC)cc3)nc2)cc1. The van der Waals surface area contributed by atoms with Gasteiger partial charge >= 0.3 is 0 Å². The Bertz CT molecular complexity index is 908. The van der Waals surface area contributed by atoms with E-state index in [-0.39, 0.29) is 6.61 Å². The molecule has 0 saturated carbocycles. The largest absolute Gasteiger partial charge is 0.491 e. The van der Waals surface area contributed by atoms with Crippen LogP contribution in [0.1, 0.15) is 64.4 Å². The van der Waals surface area contributed by atoms with Crippen LogP contribution >= 0.6 is 0 Å². The minimum atomic E-state index is -0.921. The third kappa shape index (κ3) is 7.44. The number of hydrogen-bond acceptors (Lipinski definition) is 3. The summed E-state index contributed by atoms with van der Waals surface area (Å²) in [6, 6.07) is 16.2. The van der Waals surface area contributed by atoms with Gasteiger partial charge in [-0.25, -0.2) is 14.4 Å². The van der Waals surface area contributed by atoms with E-state index in [4.69, 9.17) is 4.74 Å². The molecule has 3 rings (SSSR count). The Morgan fingerprint density at radius 1 is 0.750 bits per heavy atom. The van der Waals surface area contributed by atoms with Crippen LogP contribution in [-0.4, -0.2) is 22.7 Å². The minimum Gasteiger partial charge on any atom is -0.491 e. The first kappa shape index (κ1) is 23.9. The van der Waals surface area contributed by atoms with E-state index in [1.54, 1.807) is 0 Å². The van der Waals surface area contributed by atoms with E-state index in [0.717, 1.165) is 29.5 Å². The van der Waals surface area contributed by atoms with Gasteiger partial charge in [-0.3, -0.25) is 0 Å². The Morgan fingerprint density at radius 2 is 1.41 bits per heavy atom. The number of hydrogen-bond donors (Lipinski definition) is 0. The Labute approximate surface area is 192 Å². The first-order valence-electron chi connectivity index (χ1n) is 12.0. The van der Waals surface area contributed by atoms with E-state index in [0.29, 0.717) is 18.0 Å². The van der Waals surface area contributed by atoms with E-state index < -0.39 is 6.17 Å². The molecule has 1 heterocycles. The number of aryl methyl sites for hydroxylation is 1. The number of benzene rings is 2. The Morgan fingerprint density at radius 3 is 2.06 bits per heavy atom. The molecule has 1 atom stereocenters. The van der Waals surface area contributed by atoms with E-state index in [9.17, 15) is 4.39 Å². The average Bonchev–Trinajstić information content (AvgIpc) is 2.84. The fraction of sp³-hybridized carbons (Fsp3) is 0.429. The molecular weight excluding hydrogens is 399 g/mol. The summed E-state index contributed by atoms with van der Waals surface area (Å²) in [5.41, 5.74) is 4.43. The summed E-state index contributed by atoms with van der Waals surface area (Å²) in [4.78, 5) is 9.08. The number of unbranched alkanes of at least 4 members (excludes halogenated alkanes) is 4. The van der Waals surface area contributed by atoms with Crippen LogP contribution in [0.15, 0.2) is 60.9 Å². The van der Waals surface area contributed by atoms with Gasteiger partial charge in [0.2, 0.25) is 0 Å². The lowest BCUT2D eigenvalue weighted by Crippen LogP contribution is -2.12. The van der Waals surface area contributed by atoms with Gasteiger partial charge in [-0.05, 0) is 54.7 Å². The number of halogens is 1. The molecule has 32 heavy (non-hydrogen) atoms. The highest BCUT2D eigenvalue weighted by molar-refractivity contribution is 5.64. The van der Waals surface area contributed by atoms with Crippen LogP contribution in [0.5, 0.6) is 5.75 Å². The van der Waals surface area contributed by atoms with Crippen molar-refractivity contribution >= 4 is 0 Å². The average molecular weight is 435 g/mol. The van der Waals surface area contributed by atoms with E-state index >= 15 is 0 Å².